The molecule has 2 amide bonds. The third-order valence-electron chi connectivity index (χ3n) is 2.83. The first kappa shape index (κ1) is 15.8. The average molecular weight is 328 g/mol. The van der Waals surface area contributed by atoms with Crippen molar-refractivity contribution in [1.29, 1.82) is 0 Å². The summed E-state index contributed by atoms with van der Waals surface area (Å²) in [4.78, 5) is 37.0. The van der Waals surface area contributed by atoms with E-state index in [9.17, 15) is 14.4 Å². The molecule has 6 nitrogen and oxygen atoms in total. The predicted octanol–water partition coefficient (Wildman–Crippen LogP) is 1.47. The third-order valence-corrected chi connectivity index (χ3v) is 4.60. The molecule has 1 aliphatic rings. The summed E-state index contributed by atoms with van der Waals surface area (Å²) in [5, 5.41) is 4.60. The molecule has 8 heteroatoms. The van der Waals surface area contributed by atoms with Crippen LogP contribution in [0.25, 0.3) is 0 Å². The van der Waals surface area contributed by atoms with Gasteiger partial charge in [0, 0.05) is 23.7 Å². The van der Waals surface area contributed by atoms with Crippen molar-refractivity contribution >= 4 is 40.2 Å². The minimum atomic E-state index is -0.467. The lowest BCUT2D eigenvalue weighted by Gasteiger charge is -2.13. The van der Waals surface area contributed by atoms with Crippen LogP contribution in [0.3, 0.4) is 0 Å². The summed E-state index contributed by atoms with van der Waals surface area (Å²) in [5.74, 6) is -0.0329. The van der Waals surface area contributed by atoms with Gasteiger partial charge in [-0.3, -0.25) is 14.4 Å². The first-order valence-corrected chi connectivity index (χ1v) is 8.38. The minimum absolute atomic E-state index is 0.00325. The number of thioether (sulfide) groups is 1. The van der Waals surface area contributed by atoms with Crippen molar-refractivity contribution < 1.29 is 19.1 Å². The molecule has 1 aromatic rings. The maximum absolute atomic E-state index is 11.5. The number of thiophene rings is 1. The summed E-state index contributed by atoms with van der Waals surface area (Å²) in [6.45, 7) is 1.17. The molecule has 0 radical (unpaired) electrons. The van der Waals surface area contributed by atoms with Gasteiger partial charge in [-0.15, -0.1) is 11.3 Å². The van der Waals surface area contributed by atoms with Crippen LogP contribution in [0, 0.1) is 0 Å². The van der Waals surface area contributed by atoms with Gasteiger partial charge in [-0.2, -0.15) is 0 Å². The Hall–Kier alpha value is -1.54. The highest BCUT2D eigenvalue weighted by Gasteiger charge is 2.21. The Morgan fingerprint density at radius 1 is 1.43 bits per heavy atom. The standard InChI is InChI=1S/C13H16N2O4S2/c16-11(14-8-10-2-1-6-20-10)9-19-12(17)3-4-15-5-7-21-13(15)18/h1-2,6H,3-5,7-9H2,(H,14,16). The van der Waals surface area contributed by atoms with Gasteiger partial charge in [0.15, 0.2) is 6.61 Å². The lowest BCUT2D eigenvalue weighted by Crippen LogP contribution is -2.30. The number of nitrogens with one attached hydrogen (secondary N) is 1. The van der Waals surface area contributed by atoms with Gasteiger partial charge in [0.2, 0.25) is 0 Å². The van der Waals surface area contributed by atoms with E-state index in [-0.39, 0.29) is 24.2 Å². The Bertz CT molecular complexity index is 504. The monoisotopic (exact) mass is 328 g/mol. The largest absolute Gasteiger partial charge is 0.456 e. The highest BCUT2D eigenvalue weighted by Crippen LogP contribution is 2.17. The van der Waals surface area contributed by atoms with Gasteiger partial charge < -0.3 is 15.0 Å². The molecule has 2 rings (SSSR count). The Labute approximate surface area is 130 Å². The Kier molecular flexibility index (Phi) is 6.06. The van der Waals surface area contributed by atoms with Crippen molar-refractivity contribution in [3.8, 4) is 0 Å². The van der Waals surface area contributed by atoms with Crippen molar-refractivity contribution in [3.05, 3.63) is 22.4 Å². The molecular formula is C13H16N2O4S2. The van der Waals surface area contributed by atoms with E-state index >= 15 is 0 Å². The summed E-state index contributed by atoms with van der Waals surface area (Å²) >= 11 is 2.80. The van der Waals surface area contributed by atoms with E-state index in [0.29, 0.717) is 19.6 Å². The van der Waals surface area contributed by atoms with Crippen molar-refractivity contribution in [2.75, 3.05) is 25.4 Å². The maximum Gasteiger partial charge on any atom is 0.308 e. The fourth-order valence-corrected chi connectivity index (χ4v) is 3.22. The van der Waals surface area contributed by atoms with Gasteiger partial charge in [0.1, 0.15) is 0 Å². The minimum Gasteiger partial charge on any atom is -0.456 e. The molecule has 0 unspecified atom stereocenters. The topological polar surface area (TPSA) is 75.7 Å². The SMILES string of the molecule is O=C(COC(=O)CCN1CCSC1=O)NCc1cccs1. The molecular weight excluding hydrogens is 312 g/mol. The summed E-state index contributed by atoms with van der Waals surface area (Å²) in [7, 11) is 0. The van der Waals surface area contributed by atoms with Crippen LogP contribution >= 0.6 is 23.1 Å². The number of rotatable bonds is 7. The summed E-state index contributed by atoms with van der Waals surface area (Å²) in [6.07, 6.45) is 0.116. The van der Waals surface area contributed by atoms with Gasteiger partial charge in [0.05, 0.1) is 13.0 Å². The molecule has 2 heterocycles. The second kappa shape index (κ2) is 8.04. The molecule has 1 aliphatic heterocycles. The van der Waals surface area contributed by atoms with Crippen LogP contribution in [-0.4, -0.2) is 47.5 Å². The zero-order valence-corrected chi connectivity index (χ0v) is 13.0. The van der Waals surface area contributed by atoms with Crippen LogP contribution in [0.5, 0.6) is 0 Å². The Morgan fingerprint density at radius 2 is 2.29 bits per heavy atom. The van der Waals surface area contributed by atoms with E-state index in [1.54, 1.807) is 16.2 Å². The van der Waals surface area contributed by atoms with Crippen molar-refractivity contribution in [1.82, 2.24) is 10.2 Å². The van der Waals surface area contributed by atoms with Crippen molar-refractivity contribution in [2.45, 2.75) is 13.0 Å². The van der Waals surface area contributed by atoms with Crippen LogP contribution in [-0.2, 0) is 20.9 Å². The fraction of sp³-hybridized carbons (Fsp3) is 0.462. The predicted molar refractivity (Wildman–Crippen MR) is 81.2 cm³/mol. The number of hydrogen-bond acceptors (Lipinski definition) is 6. The lowest BCUT2D eigenvalue weighted by molar-refractivity contribution is -0.148. The summed E-state index contributed by atoms with van der Waals surface area (Å²) in [5.41, 5.74) is 0. The van der Waals surface area contributed by atoms with Crippen LogP contribution in [0.4, 0.5) is 4.79 Å². The Balaban J connectivity index is 1.57. The number of carbonyl (C=O) groups excluding carboxylic acids is 3. The molecule has 0 saturated carbocycles. The Morgan fingerprint density at radius 3 is 2.95 bits per heavy atom. The zero-order chi connectivity index (χ0) is 15.1. The molecule has 114 valence electrons. The van der Waals surface area contributed by atoms with Crippen molar-refractivity contribution in [2.24, 2.45) is 0 Å². The summed E-state index contributed by atoms with van der Waals surface area (Å²) < 4.78 is 4.88. The van der Waals surface area contributed by atoms with Crippen LogP contribution < -0.4 is 5.32 Å². The maximum atomic E-state index is 11.5. The average Bonchev–Trinajstić information content (AvgIpc) is 3.12. The number of amides is 2. The first-order chi connectivity index (χ1) is 10.1. The third kappa shape index (κ3) is 5.39. The van der Waals surface area contributed by atoms with E-state index < -0.39 is 5.97 Å². The number of esters is 1. The molecule has 0 atom stereocenters. The molecule has 0 aromatic carbocycles. The molecule has 1 N–H and O–H groups in total. The fourth-order valence-electron chi connectivity index (χ4n) is 1.72. The highest BCUT2D eigenvalue weighted by molar-refractivity contribution is 8.13. The zero-order valence-electron chi connectivity index (χ0n) is 11.4. The second-order valence-corrected chi connectivity index (χ2v) is 6.45. The molecule has 0 bridgehead atoms. The van der Waals surface area contributed by atoms with E-state index in [1.165, 1.54) is 11.8 Å². The van der Waals surface area contributed by atoms with E-state index in [4.69, 9.17) is 4.74 Å². The van der Waals surface area contributed by atoms with E-state index in [0.717, 1.165) is 10.6 Å². The van der Waals surface area contributed by atoms with Crippen LogP contribution in [0.2, 0.25) is 0 Å². The number of carbonyl (C=O) groups is 3. The molecule has 0 aliphatic carbocycles. The van der Waals surface area contributed by atoms with E-state index in [2.05, 4.69) is 5.32 Å². The smallest absolute Gasteiger partial charge is 0.308 e. The quantitative estimate of drug-likeness (QED) is 0.767. The van der Waals surface area contributed by atoms with Gasteiger partial charge in [-0.1, -0.05) is 17.8 Å². The van der Waals surface area contributed by atoms with Crippen LogP contribution in [0.15, 0.2) is 17.5 Å². The van der Waals surface area contributed by atoms with Gasteiger partial charge in [-0.05, 0) is 11.4 Å². The molecule has 21 heavy (non-hydrogen) atoms. The molecule has 0 spiro atoms. The van der Waals surface area contributed by atoms with Crippen molar-refractivity contribution in [3.63, 3.8) is 0 Å². The molecule has 1 saturated heterocycles. The van der Waals surface area contributed by atoms with Gasteiger partial charge in [-0.25, -0.2) is 0 Å². The highest BCUT2D eigenvalue weighted by atomic mass is 32.2. The second-order valence-electron chi connectivity index (χ2n) is 4.37. The molecule has 1 fully saturated rings. The van der Waals surface area contributed by atoms with E-state index in [1.807, 2.05) is 17.5 Å². The first-order valence-electron chi connectivity index (χ1n) is 6.51. The summed E-state index contributed by atoms with van der Waals surface area (Å²) in [6, 6.07) is 3.83. The van der Waals surface area contributed by atoms with Gasteiger partial charge >= 0.3 is 5.97 Å². The van der Waals surface area contributed by atoms with Crippen LogP contribution in [0.1, 0.15) is 11.3 Å². The number of nitrogens with zero attached hydrogens (tertiary/aromatic N) is 1. The number of ether oxygens (including phenoxy) is 1. The number of hydrogen-bond donors (Lipinski definition) is 1. The molecule has 1 aromatic heterocycles. The lowest BCUT2D eigenvalue weighted by atomic mass is 10.4. The van der Waals surface area contributed by atoms with Gasteiger partial charge in [0.25, 0.3) is 11.1 Å². The normalized spacial score (nSPS) is 14.3.